The average molecular weight is 253 g/mol. The molecule has 0 fully saturated rings. The Morgan fingerprint density at radius 2 is 1.89 bits per heavy atom. The quantitative estimate of drug-likeness (QED) is 0.807. The van der Waals surface area contributed by atoms with Crippen molar-refractivity contribution in [1.29, 1.82) is 0 Å². The van der Waals surface area contributed by atoms with Crippen LogP contribution in [-0.2, 0) is 4.79 Å². The molecule has 0 spiro atoms. The molecule has 0 aliphatic carbocycles. The third-order valence-corrected chi connectivity index (χ3v) is 2.56. The first-order valence-electron chi connectivity index (χ1n) is 6.11. The van der Waals surface area contributed by atoms with Gasteiger partial charge >= 0.3 is 0 Å². The van der Waals surface area contributed by atoms with Crippen molar-refractivity contribution >= 4 is 5.91 Å². The molecule has 1 aromatic carbocycles. The minimum Gasteiger partial charge on any atom is -0.484 e. The summed E-state index contributed by atoms with van der Waals surface area (Å²) in [7, 11) is 0. The van der Waals surface area contributed by atoms with E-state index in [0.717, 1.165) is 0 Å². The summed E-state index contributed by atoms with van der Waals surface area (Å²) in [6.45, 7) is 7.76. The summed E-state index contributed by atoms with van der Waals surface area (Å²) in [6.07, 6.45) is 0. The van der Waals surface area contributed by atoms with Crippen molar-refractivity contribution in [3.05, 3.63) is 30.1 Å². The Bertz CT molecular complexity index is 397. The van der Waals surface area contributed by atoms with Crippen molar-refractivity contribution in [2.75, 3.05) is 6.61 Å². The lowest BCUT2D eigenvalue weighted by molar-refractivity contribution is -0.136. The van der Waals surface area contributed by atoms with Gasteiger partial charge in [-0.05, 0) is 39.8 Å². The lowest BCUT2D eigenvalue weighted by Crippen LogP contribution is -2.44. The van der Waals surface area contributed by atoms with Crippen molar-refractivity contribution in [2.45, 2.75) is 39.8 Å². The Morgan fingerprint density at radius 1 is 1.28 bits per heavy atom. The minimum absolute atomic E-state index is 0.0696. The van der Waals surface area contributed by atoms with Gasteiger partial charge in [0.25, 0.3) is 5.91 Å². The summed E-state index contributed by atoms with van der Waals surface area (Å²) in [4.78, 5) is 13.7. The Balaban J connectivity index is 2.60. The lowest BCUT2D eigenvalue weighted by atomic mass is 10.2. The van der Waals surface area contributed by atoms with Crippen LogP contribution in [-0.4, -0.2) is 29.5 Å². The monoisotopic (exact) mass is 253 g/mol. The summed E-state index contributed by atoms with van der Waals surface area (Å²) < 4.78 is 18.2. The molecule has 3 nitrogen and oxygen atoms in total. The van der Waals surface area contributed by atoms with Gasteiger partial charge in [-0.2, -0.15) is 0 Å². The van der Waals surface area contributed by atoms with Crippen molar-refractivity contribution in [1.82, 2.24) is 4.90 Å². The van der Waals surface area contributed by atoms with E-state index in [9.17, 15) is 9.18 Å². The zero-order chi connectivity index (χ0) is 13.7. The number of carbonyl (C=O) groups is 1. The molecule has 100 valence electrons. The van der Waals surface area contributed by atoms with Gasteiger partial charge in [-0.3, -0.25) is 4.79 Å². The van der Waals surface area contributed by atoms with Crippen LogP contribution in [0.1, 0.15) is 27.7 Å². The van der Waals surface area contributed by atoms with Crippen molar-refractivity contribution < 1.29 is 13.9 Å². The Morgan fingerprint density at radius 3 is 2.39 bits per heavy atom. The normalized spacial score (nSPS) is 10.8. The van der Waals surface area contributed by atoms with Gasteiger partial charge < -0.3 is 9.64 Å². The fourth-order valence-electron chi connectivity index (χ4n) is 1.95. The molecule has 1 aromatic rings. The predicted octanol–water partition coefficient (Wildman–Crippen LogP) is 2.85. The summed E-state index contributed by atoms with van der Waals surface area (Å²) in [5.74, 6) is -0.0930. The van der Waals surface area contributed by atoms with E-state index in [1.54, 1.807) is 17.0 Å². The summed E-state index contributed by atoms with van der Waals surface area (Å²) in [5.41, 5.74) is 0. The molecule has 0 N–H and O–H groups in total. The molecule has 1 rings (SSSR count). The van der Waals surface area contributed by atoms with Crippen LogP contribution in [0.3, 0.4) is 0 Å². The van der Waals surface area contributed by atoms with Gasteiger partial charge in [0.05, 0.1) is 0 Å². The standard InChI is InChI=1S/C14H20FNO2/c1-10(2)16(11(3)4)14(17)9-18-13-7-5-6-12(15)8-13/h5-8,10-11H,9H2,1-4H3. The van der Waals surface area contributed by atoms with E-state index in [1.165, 1.54) is 12.1 Å². The van der Waals surface area contributed by atoms with Gasteiger partial charge in [-0.1, -0.05) is 6.07 Å². The van der Waals surface area contributed by atoms with Gasteiger partial charge in [0.2, 0.25) is 0 Å². The molecule has 0 unspecified atom stereocenters. The second kappa shape index (κ2) is 6.38. The molecule has 0 aliphatic heterocycles. The lowest BCUT2D eigenvalue weighted by Gasteiger charge is -2.30. The number of carbonyl (C=O) groups excluding carboxylic acids is 1. The van der Waals surface area contributed by atoms with Crippen molar-refractivity contribution in [3.8, 4) is 5.75 Å². The van der Waals surface area contributed by atoms with Gasteiger partial charge in [0, 0.05) is 18.2 Å². The number of nitrogens with zero attached hydrogens (tertiary/aromatic N) is 1. The molecule has 1 amide bonds. The topological polar surface area (TPSA) is 29.5 Å². The first kappa shape index (κ1) is 14.5. The third kappa shape index (κ3) is 4.02. The molecular weight excluding hydrogens is 233 g/mol. The van der Waals surface area contributed by atoms with Crippen LogP contribution >= 0.6 is 0 Å². The molecule has 0 radical (unpaired) electrons. The summed E-state index contributed by atoms with van der Waals surface area (Å²) in [5, 5.41) is 0. The predicted molar refractivity (Wildman–Crippen MR) is 69.0 cm³/mol. The molecule has 18 heavy (non-hydrogen) atoms. The van der Waals surface area contributed by atoms with Crippen LogP contribution in [0.5, 0.6) is 5.75 Å². The van der Waals surface area contributed by atoms with Crippen molar-refractivity contribution in [3.63, 3.8) is 0 Å². The number of ether oxygens (including phenoxy) is 1. The fourth-order valence-corrected chi connectivity index (χ4v) is 1.95. The van der Waals surface area contributed by atoms with E-state index in [0.29, 0.717) is 5.75 Å². The summed E-state index contributed by atoms with van der Waals surface area (Å²) >= 11 is 0. The van der Waals surface area contributed by atoms with Crippen LogP contribution in [0.4, 0.5) is 4.39 Å². The minimum atomic E-state index is -0.371. The highest BCUT2D eigenvalue weighted by molar-refractivity contribution is 5.78. The van der Waals surface area contributed by atoms with E-state index in [4.69, 9.17) is 4.74 Å². The van der Waals surface area contributed by atoms with Crippen LogP contribution in [0.25, 0.3) is 0 Å². The highest BCUT2D eigenvalue weighted by atomic mass is 19.1. The van der Waals surface area contributed by atoms with Gasteiger partial charge in [0.15, 0.2) is 6.61 Å². The van der Waals surface area contributed by atoms with Crippen LogP contribution < -0.4 is 4.74 Å². The molecule has 4 heteroatoms. The first-order chi connectivity index (χ1) is 8.41. The van der Waals surface area contributed by atoms with Gasteiger partial charge in [-0.25, -0.2) is 4.39 Å². The molecular formula is C14H20FNO2. The second-order valence-electron chi connectivity index (χ2n) is 4.73. The van der Waals surface area contributed by atoms with Crippen LogP contribution in [0, 0.1) is 5.82 Å². The fraction of sp³-hybridized carbons (Fsp3) is 0.500. The molecule has 0 bridgehead atoms. The maximum Gasteiger partial charge on any atom is 0.260 e. The maximum absolute atomic E-state index is 12.9. The largest absolute Gasteiger partial charge is 0.484 e. The smallest absolute Gasteiger partial charge is 0.260 e. The van der Waals surface area contributed by atoms with E-state index in [1.807, 2.05) is 27.7 Å². The van der Waals surface area contributed by atoms with Crippen LogP contribution in [0.2, 0.25) is 0 Å². The van der Waals surface area contributed by atoms with Crippen molar-refractivity contribution in [2.24, 2.45) is 0 Å². The number of hydrogen-bond acceptors (Lipinski definition) is 2. The Hall–Kier alpha value is -1.58. The number of benzene rings is 1. The average Bonchev–Trinajstić information content (AvgIpc) is 2.25. The third-order valence-electron chi connectivity index (χ3n) is 2.56. The Kier molecular flexibility index (Phi) is 5.13. The van der Waals surface area contributed by atoms with E-state index in [-0.39, 0.29) is 30.4 Å². The molecule has 0 aromatic heterocycles. The van der Waals surface area contributed by atoms with Gasteiger partial charge in [-0.15, -0.1) is 0 Å². The van der Waals surface area contributed by atoms with E-state index < -0.39 is 0 Å². The first-order valence-corrected chi connectivity index (χ1v) is 6.11. The molecule has 0 atom stereocenters. The number of rotatable bonds is 5. The van der Waals surface area contributed by atoms with Gasteiger partial charge in [0.1, 0.15) is 11.6 Å². The zero-order valence-corrected chi connectivity index (χ0v) is 11.3. The van der Waals surface area contributed by atoms with E-state index in [2.05, 4.69) is 0 Å². The van der Waals surface area contributed by atoms with Crippen LogP contribution in [0.15, 0.2) is 24.3 Å². The Labute approximate surface area is 108 Å². The zero-order valence-electron chi connectivity index (χ0n) is 11.3. The number of halogens is 1. The maximum atomic E-state index is 12.9. The summed E-state index contributed by atoms with van der Waals surface area (Å²) in [6, 6.07) is 6.02. The molecule has 0 heterocycles. The molecule has 0 saturated heterocycles. The number of hydrogen-bond donors (Lipinski definition) is 0. The highest BCUT2D eigenvalue weighted by Crippen LogP contribution is 2.13. The molecule has 0 saturated carbocycles. The van der Waals surface area contributed by atoms with E-state index >= 15 is 0 Å². The SMILES string of the molecule is CC(C)N(C(=O)COc1cccc(F)c1)C(C)C. The number of amides is 1. The second-order valence-corrected chi connectivity index (χ2v) is 4.73. The molecule has 0 aliphatic rings. The highest BCUT2D eigenvalue weighted by Gasteiger charge is 2.20.